The van der Waals surface area contributed by atoms with Crippen LogP contribution in [0.2, 0.25) is 0 Å². The van der Waals surface area contributed by atoms with Gasteiger partial charge in [0.1, 0.15) is 16.0 Å². The van der Waals surface area contributed by atoms with Crippen LogP contribution in [-0.2, 0) is 14.3 Å². The van der Waals surface area contributed by atoms with Gasteiger partial charge in [-0.3, -0.25) is 4.79 Å². The number of ether oxygens (including phenoxy) is 2. The first-order valence-electron chi connectivity index (χ1n) is 6.32. The van der Waals surface area contributed by atoms with Gasteiger partial charge in [-0.1, -0.05) is 0 Å². The van der Waals surface area contributed by atoms with E-state index in [4.69, 9.17) is 9.47 Å². The third-order valence-electron chi connectivity index (χ3n) is 2.97. The van der Waals surface area contributed by atoms with Gasteiger partial charge < -0.3 is 19.7 Å². The SMILES string of the molecule is CC1(CC(=O)NN=Cc2cc(Br)c(O)c(Br)c2O)OCCO1. The summed E-state index contributed by atoms with van der Waals surface area (Å²) < 4.78 is 11.2. The molecule has 1 aromatic carbocycles. The molecule has 1 amide bonds. The van der Waals surface area contributed by atoms with Crippen LogP contribution >= 0.6 is 31.9 Å². The van der Waals surface area contributed by atoms with Gasteiger partial charge in [0.15, 0.2) is 5.79 Å². The number of carbonyl (C=O) groups is 1. The summed E-state index contributed by atoms with van der Waals surface area (Å²) in [5, 5.41) is 23.3. The van der Waals surface area contributed by atoms with Gasteiger partial charge in [-0.2, -0.15) is 5.10 Å². The molecule has 0 aliphatic carbocycles. The minimum atomic E-state index is -0.924. The first-order valence-corrected chi connectivity index (χ1v) is 7.91. The number of aromatic hydroxyl groups is 2. The number of benzene rings is 1. The van der Waals surface area contributed by atoms with Crippen LogP contribution < -0.4 is 5.43 Å². The summed E-state index contributed by atoms with van der Waals surface area (Å²) in [7, 11) is 0. The highest BCUT2D eigenvalue weighted by atomic mass is 79.9. The van der Waals surface area contributed by atoms with Gasteiger partial charge in [0, 0.05) is 5.56 Å². The van der Waals surface area contributed by atoms with Gasteiger partial charge in [0.25, 0.3) is 0 Å². The number of hydrogen-bond acceptors (Lipinski definition) is 6. The summed E-state index contributed by atoms with van der Waals surface area (Å²) in [4.78, 5) is 11.8. The Kier molecular flexibility index (Phi) is 5.43. The number of rotatable bonds is 4. The summed E-state index contributed by atoms with van der Waals surface area (Å²) >= 11 is 6.20. The van der Waals surface area contributed by atoms with Gasteiger partial charge in [0.05, 0.1) is 30.3 Å². The Morgan fingerprint density at radius 2 is 2.05 bits per heavy atom. The van der Waals surface area contributed by atoms with Crippen LogP contribution in [0.3, 0.4) is 0 Å². The lowest BCUT2D eigenvalue weighted by molar-refractivity contribution is -0.159. The van der Waals surface area contributed by atoms with E-state index in [0.29, 0.717) is 23.2 Å². The highest BCUT2D eigenvalue weighted by Crippen LogP contribution is 2.40. The Morgan fingerprint density at radius 3 is 2.68 bits per heavy atom. The molecule has 1 aliphatic rings. The van der Waals surface area contributed by atoms with Crippen LogP contribution in [0.5, 0.6) is 11.5 Å². The highest BCUT2D eigenvalue weighted by Gasteiger charge is 2.33. The summed E-state index contributed by atoms with van der Waals surface area (Å²) in [6, 6.07) is 1.47. The van der Waals surface area contributed by atoms with Gasteiger partial charge in [-0.25, -0.2) is 5.43 Å². The number of hydrogen-bond donors (Lipinski definition) is 3. The molecule has 120 valence electrons. The Hall–Kier alpha value is -1.16. The van der Waals surface area contributed by atoms with Gasteiger partial charge in [-0.05, 0) is 44.8 Å². The van der Waals surface area contributed by atoms with Crippen molar-refractivity contribution in [1.29, 1.82) is 0 Å². The first-order chi connectivity index (χ1) is 10.3. The van der Waals surface area contributed by atoms with Crippen molar-refractivity contribution in [2.45, 2.75) is 19.1 Å². The molecule has 1 aromatic rings. The van der Waals surface area contributed by atoms with Crippen LogP contribution in [0, 0.1) is 0 Å². The van der Waals surface area contributed by atoms with E-state index >= 15 is 0 Å². The quantitative estimate of drug-likeness (QED) is 0.495. The number of amides is 1. The predicted molar refractivity (Wildman–Crippen MR) is 85.8 cm³/mol. The fourth-order valence-corrected chi connectivity index (χ4v) is 3.03. The van der Waals surface area contributed by atoms with Crippen LogP contribution in [-0.4, -0.2) is 41.3 Å². The molecule has 0 radical (unpaired) electrons. The van der Waals surface area contributed by atoms with Gasteiger partial charge in [-0.15, -0.1) is 0 Å². The molecule has 1 fully saturated rings. The van der Waals surface area contributed by atoms with Gasteiger partial charge >= 0.3 is 0 Å². The van der Waals surface area contributed by atoms with Gasteiger partial charge in [0.2, 0.25) is 5.91 Å². The molecule has 0 saturated carbocycles. The zero-order chi connectivity index (χ0) is 16.3. The number of hydrazone groups is 1. The maximum Gasteiger partial charge on any atom is 0.245 e. The molecule has 1 heterocycles. The molecule has 2 rings (SSSR count). The third kappa shape index (κ3) is 3.97. The van der Waals surface area contributed by atoms with Crippen molar-refractivity contribution in [3.05, 3.63) is 20.6 Å². The monoisotopic (exact) mass is 436 g/mol. The van der Waals surface area contributed by atoms with E-state index in [0.717, 1.165) is 0 Å². The summed E-state index contributed by atoms with van der Waals surface area (Å²) in [5.41, 5.74) is 2.65. The number of halogens is 2. The molecule has 0 aromatic heterocycles. The van der Waals surface area contributed by atoms with E-state index in [-0.39, 0.29) is 28.3 Å². The van der Waals surface area contributed by atoms with Crippen LogP contribution in [0.25, 0.3) is 0 Å². The molecule has 1 aliphatic heterocycles. The Bertz CT molecular complexity index is 615. The average molecular weight is 438 g/mol. The summed E-state index contributed by atoms with van der Waals surface area (Å²) in [6.07, 6.45) is 1.28. The maximum absolute atomic E-state index is 11.8. The lowest BCUT2D eigenvalue weighted by atomic mass is 10.2. The molecule has 22 heavy (non-hydrogen) atoms. The van der Waals surface area contributed by atoms with Crippen LogP contribution in [0.4, 0.5) is 0 Å². The molecule has 0 atom stereocenters. The zero-order valence-electron chi connectivity index (χ0n) is 11.6. The van der Waals surface area contributed by atoms with Crippen molar-refractivity contribution >= 4 is 44.0 Å². The smallest absolute Gasteiger partial charge is 0.245 e. The molecule has 1 saturated heterocycles. The fourth-order valence-electron chi connectivity index (χ4n) is 1.88. The van der Waals surface area contributed by atoms with Crippen molar-refractivity contribution < 1.29 is 24.5 Å². The second kappa shape index (κ2) is 6.95. The lowest BCUT2D eigenvalue weighted by Crippen LogP contribution is -2.33. The Balaban J connectivity index is 1.99. The second-order valence-corrected chi connectivity index (χ2v) is 6.41. The van der Waals surface area contributed by atoms with Crippen molar-refractivity contribution in [2.24, 2.45) is 5.10 Å². The van der Waals surface area contributed by atoms with E-state index in [1.54, 1.807) is 6.92 Å². The molecule has 9 heteroatoms. The van der Waals surface area contributed by atoms with E-state index in [9.17, 15) is 15.0 Å². The number of phenolic OH excluding ortho intramolecular Hbond substituents is 2. The van der Waals surface area contributed by atoms with E-state index in [1.165, 1.54) is 12.3 Å². The predicted octanol–water partition coefficient (Wildman–Crippen LogP) is 2.23. The average Bonchev–Trinajstić information content (AvgIpc) is 2.88. The molecule has 0 spiro atoms. The minimum Gasteiger partial charge on any atom is -0.506 e. The van der Waals surface area contributed by atoms with Crippen molar-refractivity contribution in [3.63, 3.8) is 0 Å². The van der Waals surface area contributed by atoms with Crippen LogP contribution in [0.1, 0.15) is 18.9 Å². The summed E-state index contributed by atoms with van der Waals surface area (Å²) in [6.45, 7) is 2.59. The van der Waals surface area contributed by atoms with E-state index in [1.807, 2.05) is 0 Å². The Morgan fingerprint density at radius 1 is 1.41 bits per heavy atom. The highest BCUT2D eigenvalue weighted by molar-refractivity contribution is 9.11. The normalized spacial score (nSPS) is 17.0. The number of nitrogens with zero attached hydrogens (tertiary/aromatic N) is 1. The third-order valence-corrected chi connectivity index (χ3v) is 4.33. The lowest BCUT2D eigenvalue weighted by Gasteiger charge is -2.20. The van der Waals surface area contributed by atoms with E-state index < -0.39 is 5.79 Å². The number of nitrogens with one attached hydrogen (secondary N) is 1. The van der Waals surface area contributed by atoms with Crippen LogP contribution in [0.15, 0.2) is 20.1 Å². The second-order valence-electron chi connectivity index (χ2n) is 4.76. The topological polar surface area (TPSA) is 100 Å². The summed E-state index contributed by atoms with van der Waals surface area (Å²) in [5.74, 6) is -1.61. The molecule has 3 N–H and O–H groups in total. The standard InChI is InChI=1S/C13H14Br2N2O5/c1-13(21-2-3-22-13)5-9(18)17-16-6-7-4-8(14)12(20)10(15)11(7)19/h4,6,19-20H,2-3,5H2,1H3,(H,17,18). The van der Waals surface area contributed by atoms with Crippen molar-refractivity contribution in [2.75, 3.05) is 13.2 Å². The maximum atomic E-state index is 11.8. The van der Waals surface area contributed by atoms with E-state index in [2.05, 4.69) is 42.4 Å². The molecule has 7 nitrogen and oxygen atoms in total. The Labute approximate surface area is 143 Å². The van der Waals surface area contributed by atoms with Crippen molar-refractivity contribution in [1.82, 2.24) is 5.43 Å². The molecule has 0 bridgehead atoms. The largest absolute Gasteiger partial charge is 0.506 e. The molecular formula is C13H14Br2N2O5. The first kappa shape index (κ1) is 17.2. The minimum absolute atomic E-state index is 0.0132. The number of phenols is 2. The number of carbonyl (C=O) groups excluding carboxylic acids is 1. The van der Waals surface area contributed by atoms with Crippen molar-refractivity contribution in [3.8, 4) is 11.5 Å². The molecular weight excluding hydrogens is 424 g/mol. The molecule has 0 unspecified atom stereocenters. The fraction of sp³-hybridized carbons (Fsp3) is 0.385. The zero-order valence-corrected chi connectivity index (χ0v) is 14.8.